The van der Waals surface area contributed by atoms with Crippen LogP contribution in [0.3, 0.4) is 0 Å². The highest BCUT2D eigenvalue weighted by molar-refractivity contribution is 7.58. The van der Waals surface area contributed by atoms with Crippen molar-refractivity contribution < 1.29 is 4.79 Å². The average molecular weight is 342 g/mol. The Morgan fingerprint density at radius 1 is 1.22 bits per heavy atom. The Morgan fingerprint density at radius 3 is 2.48 bits per heavy atom. The monoisotopic (exact) mass is 341 g/mol. The molecule has 0 unspecified atom stereocenters. The number of Topliss-reactive ketones (excluding diaryl/α,β-unsaturated/α-hetero) is 1. The number of pyridine rings is 1. The highest BCUT2D eigenvalue weighted by Gasteiger charge is 2.34. The third kappa shape index (κ3) is 2.83. The number of hydrogen-bond donors (Lipinski definition) is 0. The van der Waals surface area contributed by atoms with Crippen LogP contribution in [-0.4, -0.2) is 10.8 Å². The largest absolute Gasteiger partial charge is 0.759 e. The molecule has 1 aliphatic rings. The van der Waals surface area contributed by atoms with Crippen LogP contribution in [0.2, 0.25) is 5.02 Å². The Labute approximate surface area is 145 Å². The van der Waals surface area contributed by atoms with E-state index in [2.05, 4.69) is 11.1 Å². The molecule has 0 N–H and O–H groups in total. The van der Waals surface area contributed by atoms with Gasteiger partial charge in [0.25, 0.3) is 0 Å². The minimum atomic E-state index is -0.149. The van der Waals surface area contributed by atoms with Gasteiger partial charge in [-0.15, -0.1) is 0 Å². The molecule has 0 spiro atoms. The van der Waals surface area contributed by atoms with Gasteiger partial charge in [0.05, 0.1) is 17.3 Å². The van der Waals surface area contributed by atoms with Gasteiger partial charge in [0, 0.05) is 22.6 Å². The maximum Gasteiger partial charge on any atom is 0.165 e. The summed E-state index contributed by atoms with van der Waals surface area (Å²) in [6.07, 6.45) is 1.11. The van der Waals surface area contributed by atoms with E-state index >= 15 is 0 Å². The summed E-state index contributed by atoms with van der Waals surface area (Å²) in [5.41, 5.74) is 2.74. The van der Waals surface area contributed by atoms with Crippen LogP contribution < -0.4 is 0 Å². The van der Waals surface area contributed by atoms with Gasteiger partial charge in [0.1, 0.15) is 0 Å². The molecule has 0 saturated carbocycles. The molecule has 1 aromatic heterocycles. The molecule has 1 heterocycles. The third-order valence-electron chi connectivity index (χ3n) is 4.05. The Balaban J connectivity index is 2.34. The lowest BCUT2D eigenvalue weighted by atomic mass is 9.73. The van der Waals surface area contributed by atoms with Crippen LogP contribution in [0.15, 0.2) is 29.3 Å². The number of carbonyl (C=O) groups is 1. The summed E-state index contributed by atoms with van der Waals surface area (Å²) in [5, 5.41) is 10.4. The predicted octanol–water partition coefficient (Wildman–Crippen LogP) is 4.33. The lowest BCUT2D eigenvalue weighted by Gasteiger charge is -2.32. The maximum atomic E-state index is 12.7. The number of rotatable bonds is 1. The Morgan fingerprint density at radius 2 is 1.87 bits per heavy atom. The Bertz CT molecular complexity index is 851. The molecule has 5 heteroatoms. The van der Waals surface area contributed by atoms with Crippen molar-refractivity contribution in [1.29, 1.82) is 5.26 Å². The molecular formula is C18H14ClN2OS-. The number of halogens is 1. The van der Waals surface area contributed by atoms with E-state index < -0.39 is 0 Å². The summed E-state index contributed by atoms with van der Waals surface area (Å²) in [6, 6.07) is 9.21. The van der Waals surface area contributed by atoms with Crippen molar-refractivity contribution in [3.8, 4) is 17.2 Å². The molecule has 0 radical (unpaired) electrons. The van der Waals surface area contributed by atoms with Crippen LogP contribution in [-0.2, 0) is 19.0 Å². The van der Waals surface area contributed by atoms with E-state index in [9.17, 15) is 10.1 Å². The fraction of sp³-hybridized carbons (Fsp3) is 0.278. The molecule has 1 aliphatic carbocycles. The van der Waals surface area contributed by atoms with E-state index in [1.807, 2.05) is 13.8 Å². The molecule has 0 saturated heterocycles. The Kier molecular flexibility index (Phi) is 3.87. The van der Waals surface area contributed by atoms with E-state index in [-0.39, 0.29) is 21.8 Å². The minimum Gasteiger partial charge on any atom is -0.759 e. The molecule has 0 amide bonds. The van der Waals surface area contributed by atoms with Gasteiger partial charge in [-0.25, -0.2) is 0 Å². The van der Waals surface area contributed by atoms with Gasteiger partial charge < -0.3 is 12.6 Å². The van der Waals surface area contributed by atoms with E-state index in [1.165, 1.54) is 0 Å². The number of ketones is 1. The molecule has 0 aliphatic heterocycles. The minimum absolute atomic E-state index is 0.0141. The zero-order valence-electron chi connectivity index (χ0n) is 12.8. The second-order valence-corrected chi connectivity index (χ2v) is 7.37. The first kappa shape index (κ1) is 15.9. The van der Waals surface area contributed by atoms with E-state index in [1.54, 1.807) is 24.3 Å². The van der Waals surface area contributed by atoms with Crippen molar-refractivity contribution in [3.05, 3.63) is 46.1 Å². The van der Waals surface area contributed by atoms with Crippen LogP contribution >= 0.6 is 11.6 Å². The number of hydrogen-bond acceptors (Lipinski definition) is 4. The standard InChI is InChI=1S/C18H15ClN2OS/c1-18(2)7-13-16(14(22)8-18)15(12(9-20)17(23)21-13)10-3-5-11(19)6-4-10/h3-6H,7-8H2,1-2H3,(H,21,23)/p-1. The van der Waals surface area contributed by atoms with Crippen molar-refractivity contribution in [3.63, 3.8) is 0 Å². The highest BCUT2D eigenvalue weighted by atomic mass is 35.5. The van der Waals surface area contributed by atoms with Gasteiger partial charge in [-0.1, -0.05) is 42.6 Å². The molecule has 23 heavy (non-hydrogen) atoms. The van der Waals surface area contributed by atoms with Crippen LogP contribution in [0.5, 0.6) is 0 Å². The average Bonchev–Trinajstić information content (AvgIpc) is 2.45. The maximum absolute atomic E-state index is 12.7. The lowest BCUT2D eigenvalue weighted by Crippen LogP contribution is -2.29. The number of benzene rings is 1. The smallest absolute Gasteiger partial charge is 0.165 e. The summed E-state index contributed by atoms with van der Waals surface area (Å²) in [5.74, 6) is 0.0141. The molecule has 0 atom stereocenters. The van der Waals surface area contributed by atoms with Gasteiger partial charge in [-0.2, -0.15) is 5.26 Å². The summed E-state index contributed by atoms with van der Waals surface area (Å²) in [4.78, 5) is 17.1. The normalized spacial score (nSPS) is 15.8. The SMILES string of the molecule is CC1(C)CC(=O)c2c(nc([S-])c(C#N)c2-c2ccc(Cl)cc2)C1. The molecule has 0 bridgehead atoms. The van der Waals surface area contributed by atoms with Crippen LogP contribution in [0.25, 0.3) is 11.1 Å². The van der Waals surface area contributed by atoms with E-state index in [0.29, 0.717) is 34.7 Å². The second-order valence-electron chi connectivity index (χ2n) is 6.55. The summed E-state index contributed by atoms with van der Waals surface area (Å²) in [6.45, 7) is 4.08. The number of carbonyl (C=O) groups excluding carboxylic acids is 1. The molecule has 116 valence electrons. The van der Waals surface area contributed by atoms with Crippen molar-refractivity contribution in [2.45, 2.75) is 31.7 Å². The van der Waals surface area contributed by atoms with Crippen LogP contribution in [0, 0.1) is 16.7 Å². The molecule has 2 aromatic rings. The van der Waals surface area contributed by atoms with Gasteiger partial charge in [-0.05, 0) is 29.5 Å². The number of nitriles is 1. The summed E-state index contributed by atoms with van der Waals surface area (Å²) < 4.78 is 0. The zero-order valence-corrected chi connectivity index (χ0v) is 14.4. The topological polar surface area (TPSA) is 53.8 Å². The van der Waals surface area contributed by atoms with Gasteiger partial charge in [0.2, 0.25) is 0 Å². The van der Waals surface area contributed by atoms with Crippen molar-refractivity contribution >= 4 is 30.0 Å². The lowest BCUT2D eigenvalue weighted by molar-refractivity contribution is 0.0910. The van der Waals surface area contributed by atoms with Crippen molar-refractivity contribution in [1.82, 2.24) is 4.98 Å². The van der Waals surface area contributed by atoms with Gasteiger partial charge in [-0.3, -0.25) is 9.78 Å². The molecule has 3 rings (SSSR count). The summed E-state index contributed by atoms with van der Waals surface area (Å²) >= 11 is 11.2. The van der Waals surface area contributed by atoms with E-state index in [0.717, 1.165) is 5.56 Å². The zero-order chi connectivity index (χ0) is 16.8. The number of fused-ring (bicyclic) bond motifs is 1. The number of aromatic nitrogens is 1. The quantitative estimate of drug-likeness (QED) is 0.724. The molecule has 0 fully saturated rings. The number of nitrogens with zero attached hydrogens (tertiary/aromatic N) is 2. The first-order valence-electron chi connectivity index (χ1n) is 7.25. The predicted molar refractivity (Wildman–Crippen MR) is 91.5 cm³/mol. The first-order valence-corrected chi connectivity index (χ1v) is 8.04. The fourth-order valence-corrected chi connectivity index (χ4v) is 3.47. The van der Waals surface area contributed by atoms with Gasteiger partial charge >= 0.3 is 0 Å². The molecular weight excluding hydrogens is 328 g/mol. The highest BCUT2D eigenvalue weighted by Crippen LogP contribution is 2.40. The summed E-state index contributed by atoms with van der Waals surface area (Å²) in [7, 11) is 0. The first-order chi connectivity index (χ1) is 10.8. The van der Waals surface area contributed by atoms with Crippen LogP contribution in [0.4, 0.5) is 0 Å². The van der Waals surface area contributed by atoms with Crippen LogP contribution in [0.1, 0.15) is 41.9 Å². The molecule has 3 nitrogen and oxygen atoms in total. The van der Waals surface area contributed by atoms with Crippen molar-refractivity contribution in [2.75, 3.05) is 0 Å². The fourth-order valence-electron chi connectivity index (χ4n) is 3.09. The second kappa shape index (κ2) is 5.59. The van der Waals surface area contributed by atoms with E-state index in [4.69, 9.17) is 24.2 Å². The third-order valence-corrected chi connectivity index (χ3v) is 4.59. The molecule has 1 aromatic carbocycles. The van der Waals surface area contributed by atoms with Gasteiger partial charge in [0.15, 0.2) is 5.78 Å². The Hall–Kier alpha value is -1.96. The van der Waals surface area contributed by atoms with Crippen molar-refractivity contribution in [2.24, 2.45) is 5.41 Å².